The van der Waals surface area contributed by atoms with Crippen LogP contribution in [0.4, 0.5) is 5.69 Å². The van der Waals surface area contributed by atoms with E-state index in [-0.39, 0.29) is 17.9 Å². The van der Waals surface area contributed by atoms with Gasteiger partial charge in [-0.1, -0.05) is 0 Å². The van der Waals surface area contributed by atoms with Crippen LogP contribution in [0.25, 0.3) is 0 Å². The van der Waals surface area contributed by atoms with Crippen molar-refractivity contribution in [2.45, 2.75) is 18.9 Å². The van der Waals surface area contributed by atoms with Crippen molar-refractivity contribution < 1.29 is 14.3 Å². The van der Waals surface area contributed by atoms with Gasteiger partial charge in [0.25, 0.3) is 11.8 Å². The van der Waals surface area contributed by atoms with E-state index in [0.29, 0.717) is 24.4 Å². The lowest BCUT2D eigenvalue weighted by molar-refractivity contribution is 0.0671. The standard InChI is InChI=1S/C20H25N5O3/c1-21-19(26)16-7-9-25(22-16)15-4-3-8-24(13-15)20(27)14-5-6-18-17(12-14)23(2)10-11-28-18/h5-7,9,12,15H,3-4,8,10-11,13H2,1-2H3,(H,21,26). The molecule has 0 bridgehead atoms. The fourth-order valence-electron chi connectivity index (χ4n) is 3.81. The van der Waals surface area contributed by atoms with Gasteiger partial charge in [0.05, 0.1) is 18.3 Å². The van der Waals surface area contributed by atoms with Crippen molar-refractivity contribution in [1.29, 1.82) is 0 Å². The van der Waals surface area contributed by atoms with Gasteiger partial charge in [-0.2, -0.15) is 5.10 Å². The zero-order chi connectivity index (χ0) is 19.7. The Morgan fingerprint density at radius 2 is 2.11 bits per heavy atom. The third-order valence-corrected chi connectivity index (χ3v) is 5.43. The topological polar surface area (TPSA) is 79.7 Å². The van der Waals surface area contributed by atoms with E-state index < -0.39 is 0 Å². The Hall–Kier alpha value is -3.03. The molecule has 1 atom stereocenters. The normalized spacial score (nSPS) is 19.0. The van der Waals surface area contributed by atoms with Gasteiger partial charge < -0.3 is 19.9 Å². The molecule has 2 aliphatic heterocycles. The third-order valence-electron chi connectivity index (χ3n) is 5.43. The third kappa shape index (κ3) is 3.42. The molecule has 2 amide bonds. The Bertz CT molecular complexity index is 894. The summed E-state index contributed by atoms with van der Waals surface area (Å²) in [5.41, 5.74) is 2.01. The van der Waals surface area contributed by atoms with Crippen molar-refractivity contribution in [3.05, 3.63) is 41.7 Å². The number of hydrogen-bond acceptors (Lipinski definition) is 5. The summed E-state index contributed by atoms with van der Waals surface area (Å²) in [7, 11) is 3.59. The molecule has 28 heavy (non-hydrogen) atoms. The second-order valence-corrected chi connectivity index (χ2v) is 7.26. The highest BCUT2D eigenvalue weighted by Crippen LogP contribution is 2.32. The molecule has 1 fully saturated rings. The van der Waals surface area contributed by atoms with Crippen LogP contribution in [0.1, 0.15) is 39.7 Å². The van der Waals surface area contributed by atoms with Crippen molar-refractivity contribution in [2.24, 2.45) is 0 Å². The predicted octanol–water partition coefficient (Wildman–Crippen LogP) is 1.55. The Morgan fingerprint density at radius 3 is 2.93 bits per heavy atom. The number of benzene rings is 1. The molecule has 148 valence electrons. The number of carbonyl (C=O) groups excluding carboxylic acids is 2. The molecular formula is C20H25N5O3. The van der Waals surface area contributed by atoms with E-state index in [2.05, 4.69) is 15.3 Å². The minimum atomic E-state index is -0.206. The first kappa shape index (κ1) is 18.3. The first-order valence-electron chi connectivity index (χ1n) is 9.61. The van der Waals surface area contributed by atoms with E-state index >= 15 is 0 Å². The summed E-state index contributed by atoms with van der Waals surface area (Å²) in [5, 5.41) is 6.96. The SMILES string of the molecule is CNC(=O)c1ccn(C2CCCN(C(=O)c3ccc4c(c3)N(C)CCO4)C2)n1. The van der Waals surface area contributed by atoms with Crippen LogP contribution in [-0.4, -0.2) is 66.8 Å². The average molecular weight is 383 g/mol. The van der Waals surface area contributed by atoms with Crippen LogP contribution in [0.15, 0.2) is 30.5 Å². The van der Waals surface area contributed by atoms with Crippen molar-refractivity contribution >= 4 is 17.5 Å². The van der Waals surface area contributed by atoms with Crippen LogP contribution in [0.2, 0.25) is 0 Å². The van der Waals surface area contributed by atoms with Gasteiger partial charge in [-0.05, 0) is 37.1 Å². The van der Waals surface area contributed by atoms with Crippen LogP contribution < -0.4 is 15.0 Å². The zero-order valence-corrected chi connectivity index (χ0v) is 16.2. The number of carbonyl (C=O) groups is 2. The molecule has 1 saturated heterocycles. The van der Waals surface area contributed by atoms with Crippen LogP contribution in [-0.2, 0) is 0 Å². The van der Waals surface area contributed by atoms with Gasteiger partial charge in [0.1, 0.15) is 18.1 Å². The summed E-state index contributed by atoms with van der Waals surface area (Å²) in [6.45, 7) is 2.77. The van der Waals surface area contributed by atoms with Crippen LogP contribution in [0.3, 0.4) is 0 Å². The molecule has 8 heteroatoms. The molecule has 0 saturated carbocycles. The Balaban J connectivity index is 1.50. The van der Waals surface area contributed by atoms with E-state index in [1.54, 1.807) is 17.8 Å². The number of nitrogens with zero attached hydrogens (tertiary/aromatic N) is 4. The minimum Gasteiger partial charge on any atom is -0.490 e. The maximum atomic E-state index is 13.1. The molecule has 4 rings (SSSR count). The summed E-state index contributed by atoms with van der Waals surface area (Å²) >= 11 is 0. The molecule has 1 unspecified atom stereocenters. The lowest BCUT2D eigenvalue weighted by Crippen LogP contribution is -2.41. The molecule has 0 radical (unpaired) electrons. The largest absolute Gasteiger partial charge is 0.490 e. The molecule has 8 nitrogen and oxygen atoms in total. The molecule has 0 aliphatic carbocycles. The van der Waals surface area contributed by atoms with Crippen molar-refractivity contribution in [2.75, 3.05) is 45.2 Å². The number of piperidine rings is 1. The van der Waals surface area contributed by atoms with Crippen LogP contribution in [0.5, 0.6) is 5.75 Å². The number of aromatic nitrogens is 2. The molecule has 3 heterocycles. The Kier molecular flexibility index (Phi) is 4.93. The zero-order valence-electron chi connectivity index (χ0n) is 16.2. The molecule has 2 aliphatic rings. The summed E-state index contributed by atoms with van der Waals surface area (Å²) in [4.78, 5) is 28.8. The summed E-state index contributed by atoms with van der Waals surface area (Å²) in [6, 6.07) is 7.40. The number of amides is 2. The number of hydrogen-bond donors (Lipinski definition) is 1. The van der Waals surface area contributed by atoms with E-state index in [0.717, 1.165) is 37.4 Å². The van der Waals surface area contributed by atoms with Gasteiger partial charge >= 0.3 is 0 Å². The van der Waals surface area contributed by atoms with E-state index in [9.17, 15) is 9.59 Å². The first-order chi connectivity index (χ1) is 13.6. The number of rotatable bonds is 3. The highest BCUT2D eigenvalue weighted by atomic mass is 16.5. The number of likely N-dealkylation sites (N-methyl/N-ethyl adjacent to an activating group) is 1. The Morgan fingerprint density at radius 1 is 1.25 bits per heavy atom. The van der Waals surface area contributed by atoms with Crippen LogP contribution >= 0.6 is 0 Å². The number of nitrogens with one attached hydrogen (secondary N) is 1. The maximum Gasteiger partial charge on any atom is 0.271 e. The van der Waals surface area contributed by atoms with Crippen LogP contribution in [0, 0.1) is 0 Å². The van der Waals surface area contributed by atoms with Crippen molar-refractivity contribution in [1.82, 2.24) is 20.0 Å². The minimum absolute atomic E-state index is 0.0187. The highest BCUT2D eigenvalue weighted by Gasteiger charge is 2.27. The molecule has 2 aromatic rings. The maximum absolute atomic E-state index is 13.1. The summed E-state index contributed by atoms with van der Waals surface area (Å²) in [5.74, 6) is 0.633. The summed E-state index contributed by atoms with van der Waals surface area (Å²) < 4.78 is 7.47. The van der Waals surface area contributed by atoms with Crippen molar-refractivity contribution in [3.63, 3.8) is 0 Å². The van der Waals surface area contributed by atoms with Gasteiger partial charge in [-0.3, -0.25) is 14.3 Å². The average Bonchev–Trinajstić information content (AvgIpc) is 3.23. The first-order valence-corrected chi connectivity index (χ1v) is 9.61. The molecule has 0 spiro atoms. The Labute approximate surface area is 164 Å². The molecule has 1 N–H and O–H groups in total. The highest BCUT2D eigenvalue weighted by molar-refractivity contribution is 5.96. The van der Waals surface area contributed by atoms with Gasteiger partial charge in [0.15, 0.2) is 0 Å². The molecule has 1 aromatic heterocycles. The fourth-order valence-corrected chi connectivity index (χ4v) is 3.81. The number of fused-ring (bicyclic) bond motifs is 1. The van der Waals surface area contributed by atoms with E-state index in [1.807, 2.05) is 36.3 Å². The lowest BCUT2D eigenvalue weighted by atomic mass is 10.0. The number of likely N-dealkylation sites (tertiary alicyclic amines) is 1. The predicted molar refractivity (Wildman–Crippen MR) is 105 cm³/mol. The lowest BCUT2D eigenvalue weighted by Gasteiger charge is -2.33. The molecule has 1 aromatic carbocycles. The smallest absolute Gasteiger partial charge is 0.271 e. The van der Waals surface area contributed by atoms with Gasteiger partial charge in [0, 0.05) is 38.9 Å². The quantitative estimate of drug-likeness (QED) is 0.870. The second kappa shape index (κ2) is 7.53. The second-order valence-electron chi connectivity index (χ2n) is 7.26. The van der Waals surface area contributed by atoms with Gasteiger partial charge in [-0.15, -0.1) is 0 Å². The monoisotopic (exact) mass is 383 g/mol. The van der Waals surface area contributed by atoms with Crippen molar-refractivity contribution in [3.8, 4) is 5.75 Å². The number of ether oxygens (including phenoxy) is 1. The van der Waals surface area contributed by atoms with E-state index in [1.165, 1.54) is 0 Å². The van der Waals surface area contributed by atoms with Gasteiger partial charge in [0.2, 0.25) is 0 Å². The number of anilines is 1. The van der Waals surface area contributed by atoms with Gasteiger partial charge in [-0.25, -0.2) is 0 Å². The van der Waals surface area contributed by atoms with E-state index in [4.69, 9.17) is 4.74 Å². The molecular weight excluding hydrogens is 358 g/mol. The fraction of sp³-hybridized carbons (Fsp3) is 0.450. The summed E-state index contributed by atoms with van der Waals surface area (Å²) in [6.07, 6.45) is 3.65.